The minimum Gasteiger partial charge on any atom is -0.356 e. The summed E-state index contributed by atoms with van der Waals surface area (Å²) < 4.78 is 0. The summed E-state index contributed by atoms with van der Waals surface area (Å²) in [6, 6.07) is 0. The molecule has 1 N–H and O–H groups in total. The lowest BCUT2D eigenvalue weighted by atomic mass is 10.0. The van der Waals surface area contributed by atoms with E-state index in [0.29, 0.717) is 12.2 Å². The van der Waals surface area contributed by atoms with Crippen LogP contribution in [0, 0.1) is 0 Å². The number of nitrogens with one attached hydrogen (secondary N) is 1. The summed E-state index contributed by atoms with van der Waals surface area (Å²) in [5.41, 5.74) is 0. The Labute approximate surface area is 144 Å². The van der Waals surface area contributed by atoms with E-state index in [1.165, 1.54) is 32.1 Å². The lowest BCUT2D eigenvalue weighted by Crippen LogP contribution is -2.23. The molecular formula is C20H39NO2. The van der Waals surface area contributed by atoms with Gasteiger partial charge < -0.3 is 5.32 Å². The fraction of sp³-hybridized carbons (Fsp3) is 0.900. The number of ketones is 1. The van der Waals surface area contributed by atoms with Crippen molar-refractivity contribution in [3.05, 3.63) is 0 Å². The highest BCUT2D eigenvalue weighted by Gasteiger charge is 2.01. The molecule has 0 aliphatic carbocycles. The second kappa shape index (κ2) is 17.5. The lowest BCUT2D eigenvalue weighted by Gasteiger charge is -2.04. The van der Waals surface area contributed by atoms with Crippen LogP contribution < -0.4 is 5.32 Å². The summed E-state index contributed by atoms with van der Waals surface area (Å²) in [7, 11) is 0. The van der Waals surface area contributed by atoms with Crippen molar-refractivity contribution in [2.45, 2.75) is 110 Å². The van der Waals surface area contributed by atoms with E-state index < -0.39 is 0 Å². The first kappa shape index (κ1) is 22.1. The van der Waals surface area contributed by atoms with Crippen molar-refractivity contribution < 1.29 is 9.59 Å². The molecule has 0 aromatic rings. The Balaban J connectivity index is 3.18. The maximum Gasteiger partial charge on any atom is 0.219 e. The van der Waals surface area contributed by atoms with E-state index in [1.54, 1.807) is 0 Å². The minimum absolute atomic E-state index is 0.214. The van der Waals surface area contributed by atoms with Gasteiger partial charge in [0.05, 0.1) is 0 Å². The van der Waals surface area contributed by atoms with Gasteiger partial charge in [0.25, 0.3) is 0 Å². The van der Waals surface area contributed by atoms with Gasteiger partial charge in [0.1, 0.15) is 5.78 Å². The summed E-state index contributed by atoms with van der Waals surface area (Å²) in [4.78, 5) is 23.0. The molecule has 0 spiro atoms. The van der Waals surface area contributed by atoms with Crippen molar-refractivity contribution >= 4 is 11.7 Å². The van der Waals surface area contributed by atoms with Crippen LogP contribution in [-0.2, 0) is 9.59 Å². The molecule has 23 heavy (non-hydrogen) atoms. The number of carbonyl (C=O) groups excluding carboxylic acids is 2. The molecule has 0 rings (SSSR count). The fourth-order valence-corrected chi connectivity index (χ4v) is 2.66. The molecule has 136 valence electrons. The minimum atomic E-state index is 0.214. The zero-order chi connectivity index (χ0) is 17.2. The third-order valence-electron chi connectivity index (χ3n) is 4.27. The highest BCUT2D eigenvalue weighted by molar-refractivity contribution is 5.78. The van der Waals surface area contributed by atoms with Crippen molar-refractivity contribution in [3.63, 3.8) is 0 Å². The third-order valence-corrected chi connectivity index (χ3v) is 4.27. The smallest absolute Gasteiger partial charge is 0.219 e. The average molecular weight is 326 g/mol. The van der Waals surface area contributed by atoms with E-state index in [0.717, 1.165) is 64.3 Å². The molecule has 0 fully saturated rings. The van der Waals surface area contributed by atoms with Gasteiger partial charge in [0, 0.05) is 25.8 Å². The lowest BCUT2D eigenvalue weighted by molar-refractivity contribution is -0.121. The number of Topliss-reactive ketones (excluding diaryl/α,β-unsaturated/α-hetero) is 1. The van der Waals surface area contributed by atoms with Gasteiger partial charge in [0.2, 0.25) is 5.91 Å². The second-order valence-corrected chi connectivity index (χ2v) is 6.67. The number of hydrogen-bond donors (Lipinski definition) is 1. The molecule has 0 aromatic carbocycles. The molecule has 0 saturated carbocycles. The van der Waals surface area contributed by atoms with Crippen LogP contribution in [0.2, 0.25) is 0 Å². The molecule has 0 unspecified atom stereocenters. The first-order chi connectivity index (χ1) is 11.2. The molecule has 0 aromatic heterocycles. The van der Waals surface area contributed by atoms with Gasteiger partial charge in [0.15, 0.2) is 0 Å². The van der Waals surface area contributed by atoms with E-state index in [4.69, 9.17) is 0 Å². The van der Waals surface area contributed by atoms with Crippen molar-refractivity contribution in [2.75, 3.05) is 6.54 Å². The topological polar surface area (TPSA) is 46.2 Å². The zero-order valence-corrected chi connectivity index (χ0v) is 15.6. The number of amides is 1. The van der Waals surface area contributed by atoms with E-state index in [1.807, 2.05) is 0 Å². The monoisotopic (exact) mass is 325 g/mol. The molecule has 0 aliphatic heterocycles. The molecule has 3 heteroatoms. The van der Waals surface area contributed by atoms with E-state index in [-0.39, 0.29) is 5.91 Å². The average Bonchev–Trinajstić information content (AvgIpc) is 2.54. The normalized spacial score (nSPS) is 10.7. The Morgan fingerprint density at radius 2 is 1.09 bits per heavy atom. The van der Waals surface area contributed by atoms with Crippen LogP contribution in [0.4, 0.5) is 0 Å². The predicted molar refractivity (Wildman–Crippen MR) is 98.6 cm³/mol. The van der Waals surface area contributed by atoms with Crippen LogP contribution in [0.1, 0.15) is 110 Å². The van der Waals surface area contributed by atoms with Gasteiger partial charge >= 0.3 is 0 Å². The van der Waals surface area contributed by atoms with Gasteiger partial charge in [-0.1, -0.05) is 65.2 Å². The van der Waals surface area contributed by atoms with E-state index >= 15 is 0 Å². The van der Waals surface area contributed by atoms with Crippen LogP contribution in [-0.4, -0.2) is 18.2 Å². The Morgan fingerprint density at radius 1 is 0.609 bits per heavy atom. The molecule has 0 bridgehead atoms. The molecule has 1 amide bonds. The molecule has 0 saturated heterocycles. The first-order valence-electron chi connectivity index (χ1n) is 9.99. The molecular weight excluding hydrogens is 286 g/mol. The van der Waals surface area contributed by atoms with Gasteiger partial charge in [-0.05, 0) is 25.7 Å². The maximum absolute atomic E-state index is 11.5. The second-order valence-electron chi connectivity index (χ2n) is 6.67. The molecule has 0 heterocycles. The Bertz CT molecular complexity index is 289. The standard InChI is InChI=1S/C20H39NO2/c1-3-5-15-19(22)16-13-11-9-7-8-10-12-14-17-20(23)21-18-6-4-2/h3-18H2,1-2H3,(H,21,23). The first-order valence-corrected chi connectivity index (χ1v) is 9.99. The number of rotatable bonds is 17. The number of hydrogen-bond acceptors (Lipinski definition) is 2. The van der Waals surface area contributed by atoms with Crippen LogP contribution >= 0.6 is 0 Å². The molecule has 0 aliphatic rings. The van der Waals surface area contributed by atoms with Crippen LogP contribution in [0.15, 0.2) is 0 Å². The fourth-order valence-electron chi connectivity index (χ4n) is 2.66. The number of unbranched alkanes of at least 4 members (excludes halogenated alkanes) is 9. The van der Waals surface area contributed by atoms with Gasteiger partial charge in [-0.2, -0.15) is 0 Å². The van der Waals surface area contributed by atoms with Crippen molar-refractivity contribution in [1.29, 1.82) is 0 Å². The predicted octanol–water partition coefficient (Wildman–Crippen LogP) is 5.56. The largest absolute Gasteiger partial charge is 0.356 e. The summed E-state index contributed by atoms with van der Waals surface area (Å²) >= 11 is 0. The zero-order valence-electron chi connectivity index (χ0n) is 15.6. The Kier molecular flexibility index (Phi) is 16.8. The van der Waals surface area contributed by atoms with Gasteiger partial charge in [-0.3, -0.25) is 9.59 Å². The Hall–Kier alpha value is -0.860. The van der Waals surface area contributed by atoms with Crippen molar-refractivity contribution in [2.24, 2.45) is 0 Å². The SMILES string of the molecule is CCCCNC(=O)CCCCCCCCCCC(=O)CCCC. The van der Waals surface area contributed by atoms with Crippen molar-refractivity contribution in [3.8, 4) is 0 Å². The van der Waals surface area contributed by atoms with Crippen LogP contribution in [0.3, 0.4) is 0 Å². The molecule has 0 radical (unpaired) electrons. The highest BCUT2D eigenvalue weighted by Crippen LogP contribution is 2.11. The van der Waals surface area contributed by atoms with Gasteiger partial charge in [-0.15, -0.1) is 0 Å². The van der Waals surface area contributed by atoms with Crippen LogP contribution in [0.5, 0.6) is 0 Å². The third kappa shape index (κ3) is 17.3. The Morgan fingerprint density at radius 3 is 1.65 bits per heavy atom. The van der Waals surface area contributed by atoms with Crippen molar-refractivity contribution in [1.82, 2.24) is 5.32 Å². The van der Waals surface area contributed by atoms with Crippen LogP contribution in [0.25, 0.3) is 0 Å². The summed E-state index contributed by atoms with van der Waals surface area (Å²) in [5.74, 6) is 0.662. The van der Waals surface area contributed by atoms with E-state index in [9.17, 15) is 9.59 Å². The van der Waals surface area contributed by atoms with E-state index in [2.05, 4.69) is 19.2 Å². The van der Waals surface area contributed by atoms with Gasteiger partial charge in [-0.25, -0.2) is 0 Å². The highest BCUT2D eigenvalue weighted by atomic mass is 16.1. The molecule has 3 nitrogen and oxygen atoms in total. The summed E-state index contributed by atoms with van der Waals surface area (Å²) in [5, 5.41) is 2.96. The molecule has 0 atom stereocenters. The quantitative estimate of drug-likeness (QED) is 0.356. The number of carbonyl (C=O) groups is 2. The summed E-state index contributed by atoms with van der Waals surface area (Å²) in [6.07, 6.45) is 16.1. The summed E-state index contributed by atoms with van der Waals surface area (Å²) in [6.45, 7) is 5.10. The maximum atomic E-state index is 11.5.